The SMILES string of the molecule is O=C(O)c1ccc(C2CC2)nc1NCc1ccccc1. The Hall–Kier alpha value is -2.36. The zero-order valence-corrected chi connectivity index (χ0v) is 11.0. The normalized spacial score (nSPS) is 14.0. The van der Waals surface area contributed by atoms with Crippen LogP contribution in [0.2, 0.25) is 0 Å². The summed E-state index contributed by atoms with van der Waals surface area (Å²) < 4.78 is 0. The molecule has 2 N–H and O–H groups in total. The molecule has 2 aromatic rings. The van der Waals surface area contributed by atoms with E-state index in [4.69, 9.17) is 0 Å². The molecule has 1 heterocycles. The Balaban J connectivity index is 1.82. The molecule has 102 valence electrons. The minimum Gasteiger partial charge on any atom is -0.478 e. The molecule has 0 bridgehead atoms. The standard InChI is InChI=1S/C16H16N2O2/c19-16(20)13-8-9-14(12-6-7-12)18-15(13)17-10-11-4-2-1-3-5-11/h1-5,8-9,12H,6-7,10H2,(H,17,18)(H,19,20). The van der Waals surface area contributed by atoms with E-state index in [1.54, 1.807) is 6.07 Å². The molecule has 0 unspecified atom stereocenters. The second-order valence-corrected chi connectivity index (χ2v) is 5.05. The number of carbonyl (C=O) groups is 1. The van der Waals surface area contributed by atoms with Crippen molar-refractivity contribution in [3.63, 3.8) is 0 Å². The summed E-state index contributed by atoms with van der Waals surface area (Å²) >= 11 is 0. The average molecular weight is 268 g/mol. The fourth-order valence-electron chi connectivity index (χ4n) is 2.17. The summed E-state index contributed by atoms with van der Waals surface area (Å²) in [6.07, 6.45) is 2.30. The molecule has 0 amide bonds. The lowest BCUT2D eigenvalue weighted by atomic mass is 10.2. The van der Waals surface area contributed by atoms with Crippen LogP contribution in [-0.4, -0.2) is 16.1 Å². The Morgan fingerprint density at radius 3 is 2.60 bits per heavy atom. The third-order valence-electron chi connectivity index (χ3n) is 3.45. The molecule has 3 rings (SSSR count). The summed E-state index contributed by atoms with van der Waals surface area (Å²) in [5, 5.41) is 12.4. The number of nitrogens with zero attached hydrogens (tertiary/aromatic N) is 1. The molecule has 0 saturated heterocycles. The fourth-order valence-corrected chi connectivity index (χ4v) is 2.17. The first-order valence-corrected chi connectivity index (χ1v) is 6.76. The van der Waals surface area contributed by atoms with Crippen molar-refractivity contribution in [2.45, 2.75) is 25.3 Å². The third kappa shape index (κ3) is 2.79. The number of anilines is 1. The minimum atomic E-state index is -0.949. The van der Waals surface area contributed by atoms with Crippen molar-refractivity contribution >= 4 is 11.8 Å². The zero-order valence-electron chi connectivity index (χ0n) is 11.0. The maximum absolute atomic E-state index is 11.2. The number of nitrogens with one attached hydrogen (secondary N) is 1. The van der Waals surface area contributed by atoms with Gasteiger partial charge in [0.2, 0.25) is 0 Å². The highest BCUT2D eigenvalue weighted by molar-refractivity contribution is 5.93. The van der Waals surface area contributed by atoms with E-state index in [1.165, 1.54) is 0 Å². The quantitative estimate of drug-likeness (QED) is 0.873. The van der Waals surface area contributed by atoms with Crippen molar-refractivity contribution in [1.29, 1.82) is 0 Å². The Morgan fingerprint density at radius 2 is 1.95 bits per heavy atom. The van der Waals surface area contributed by atoms with Crippen LogP contribution in [0.5, 0.6) is 0 Å². The number of rotatable bonds is 5. The van der Waals surface area contributed by atoms with E-state index in [-0.39, 0.29) is 5.56 Å². The molecule has 0 radical (unpaired) electrons. The van der Waals surface area contributed by atoms with Crippen LogP contribution in [0.25, 0.3) is 0 Å². The highest BCUT2D eigenvalue weighted by Gasteiger charge is 2.26. The molecule has 1 aliphatic carbocycles. The third-order valence-corrected chi connectivity index (χ3v) is 3.45. The summed E-state index contributed by atoms with van der Waals surface area (Å²) in [4.78, 5) is 15.7. The molecule has 0 aliphatic heterocycles. The van der Waals surface area contributed by atoms with Gasteiger partial charge in [0.25, 0.3) is 0 Å². The van der Waals surface area contributed by atoms with E-state index < -0.39 is 5.97 Å². The number of hydrogen-bond donors (Lipinski definition) is 2. The number of carboxylic acids is 1. The van der Waals surface area contributed by atoms with Crippen LogP contribution in [0.15, 0.2) is 42.5 Å². The molecular weight excluding hydrogens is 252 g/mol. The Morgan fingerprint density at radius 1 is 1.20 bits per heavy atom. The Bertz CT molecular complexity index is 622. The minimum absolute atomic E-state index is 0.227. The van der Waals surface area contributed by atoms with Gasteiger partial charge < -0.3 is 10.4 Å². The molecule has 1 saturated carbocycles. The van der Waals surface area contributed by atoms with Gasteiger partial charge in [-0.25, -0.2) is 9.78 Å². The van der Waals surface area contributed by atoms with Crippen LogP contribution in [0.1, 0.15) is 40.4 Å². The average Bonchev–Trinajstić information content (AvgIpc) is 3.30. The van der Waals surface area contributed by atoms with E-state index >= 15 is 0 Å². The van der Waals surface area contributed by atoms with Crippen molar-refractivity contribution in [3.8, 4) is 0 Å². The van der Waals surface area contributed by atoms with E-state index in [9.17, 15) is 9.90 Å². The monoisotopic (exact) mass is 268 g/mol. The highest BCUT2D eigenvalue weighted by atomic mass is 16.4. The summed E-state index contributed by atoms with van der Waals surface area (Å²) in [5.74, 6) is 0.0243. The number of benzene rings is 1. The number of aromatic nitrogens is 1. The molecule has 1 fully saturated rings. The largest absolute Gasteiger partial charge is 0.478 e. The molecular formula is C16H16N2O2. The van der Waals surface area contributed by atoms with Gasteiger partial charge in [-0.05, 0) is 30.5 Å². The van der Waals surface area contributed by atoms with Crippen molar-refractivity contribution < 1.29 is 9.90 Å². The summed E-state index contributed by atoms with van der Waals surface area (Å²) in [6.45, 7) is 0.572. The van der Waals surface area contributed by atoms with E-state index in [1.807, 2.05) is 36.4 Å². The lowest BCUT2D eigenvalue weighted by molar-refractivity contribution is 0.0697. The number of pyridine rings is 1. The van der Waals surface area contributed by atoms with Crippen LogP contribution in [0, 0.1) is 0 Å². The molecule has 1 aliphatic rings. The molecule has 0 spiro atoms. The van der Waals surface area contributed by atoms with Gasteiger partial charge in [-0.3, -0.25) is 0 Å². The fraction of sp³-hybridized carbons (Fsp3) is 0.250. The molecule has 4 nitrogen and oxygen atoms in total. The van der Waals surface area contributed by atoms with Crippen molar-refractivity contribution in [1.82, 2.24) is 4.98 Å². The van der Waals surface area contributed by atoms with Gasteiger partial charge in [-0.1, -0.05) is 30.3 Å². The van der Waals surface area contributed by atoms with Crippen LogP contribution in [0.3, 0.4) is 0 Å². The number of carboxylic acid groups (broad SMARTS) is 1. The van der Waals surface area contributed by atoms with E-state index in [2.05, 4.69) is 10.3 Å². The lowest BCUT2D eigenvalue weighted by Crippen LogP contribution is -2.09. The number of aromatic carboxylic acids is 1. The Kier molecular flexibility index (Phi) is 3.37. The summed E-state index contributed by atoms with van der Waals surface area (Å²) in [6, 6.07) is 13.4. The number of hydrogen-bond acceptors (Lipinski definition) is 3. The predicted molar refractivity (Wildman–Crippen MR) is 76.9 cm³/mol. The van der Waals surface area contributed by atoms with Gasteiger partial charge in [-0.2, -0.15) is 0 Å². The zero-order chi connectivity index (χ0) is 13.9. The van der Waals surface area contributed by atoms with Crippen LogP contribution < -0.4 is 5.32 Å². The predicted octanol–water partition coefficient (Wildman–Crippen LogP) is 3.27. The van der Waals surface area contributed by atoms with E-state index in [0.29, 0.717) is 18.3 Å². The van der Waals surface area contributed by atoms with Gasteiger partial charge >= 0.3 is 5.97 Å². The van der Waals surface area contributed by atoms with Gasteiger partial charge in [0.1, 0.15) is 11.4 Å². The smallest absolute Gasteiger partial charge is 0.339 e. The van der Waals surface area contributed by atoms with Crippen molar-refractivity contribution in [2.24, 2.45) is 0 Å². The molecule has 4 heteroatoms. The van der Waals surface area contributed by atoms with Crippen LogP contribution in [0.4, 0.5) is 5.82 Å². The maximum Gasteiger partial charge on any atom is 0.339 e. The highest BCUT2D eigenvalue weighted by Crippen LogP contribution is 2.39. The Labute approximate surface area is 117 Å². The van der Waals surface area contributed by atoms with Gasteiger partial charge in [0.15, 0.2) is 0 Å². The summed E-state index contributed by atoms with van der Waals surface area (Å²) in [5.41, 5.74) is 2.32. The van der Waals surface area contributed by atoms with Gasteiger partial charge in [0.05, 0.1) is 0 Å². The van der Waals surface area contributed by atoms with Crippen molar-refractivity contribution in [3.05, 3.63) is 59.3 Å². The first-order valence-electron chi connectivity index (χ1n) is 6.76. The van der Waals surface area contributed by atoms with Crippen LogP contribution >= 0.6 is 0 Å². The first-order chi connectivity index (χ1) is 9.74. The van der Waals surface area contributed by atoms with Crippen LogP contribution in [-0.2, 0) is 6.54 Å². The van der Waals surface area contributed by atoms with Crippen molar-refractivity contribution in [2.75, 3.05) is 5.32 Å². The topological polar surface area (TPSA) is 62.2 Å². The van der Waals surface area contributed by atoms with E-state index in [0.717, 1.165) is 24.1 Å². The first kappa shape index (κ1) is 12.7. The lowest BCUT2D eigenvalue weighted by Gasteiger charge is -2.10. The second-order valence-electron chi connectivity index (χ2n) is 5.05. The molecule has 1 aromatic heterocycles. The molecule has 0 atom stereocenters. The maximum atomic E-state index is 11.2. The molecule has 1 aromatic carbocycles. The van der Waals surface area contributed by atoms with Gasteiger partial charge in [0, 0.05) is 18.2 Å². The molecule has 20 heavy (non-hydrogen) atoms. The van der Waals surface area contributed by atoms with Gasteiger partial charge in [-0.15, -0.1) is 0 Å². The second kappa shape index (κ2) is 5.33. The summed E-state index contributed by atoms with van der Waals surface area (Å²) in [7, 11) is 0.